The highest BCUT2D eigenvalue weighted by Gasteiger charge is 2.98. The van der Waals surface area contributed by atoms with Crippen molar-refractivity contribution in [2.75, 3.05) is 6.61 Å². The smallest absolute Gasteiger partial charge is 0.438 e. The number of aliphatic hydroxyl groups excluding tert-OH is 1. The lowest BCUT2D eigenvalue weighted by molar-refractivity contribution is -0.472. The van der Waals surface area contributed by atoms with Gasteiger partial charge in [0.2, 0.25) is 0 Å². The van der Waals surface area contributed by atoms with Gasteiger partial charge >= 0.3 is 59.5 Å². The SMILES string of the molecule is C=C(C)C(=O)OC(CO)CC(F)(F)C(F)(F)C(F)(F)C(F)(F)C(F)(F)C(F)(F)C(F)(C(F)(F)F)C(F)(F)F. The van der Waals surface area contributed by atoms with Gasteiger partial charge in [0.15, 0.2) is 0 Å². The van der Waals surface area contributed by atoms with Gasteiger partial charge in [-0.3, -0.25) is 0 Å². The van der Waals surface area contributed by atoms with Crippen LogP contribution in [0.2, 0.25) is 0 Å². The Labute approximate surface area is 197 Å². The fourth-order valence-electron chi connectivity index (χ4n) is 2.36. The zero-order valence-corrected chi connectivity index (χ0v) is 17.6. The van der Waals surface area contributed by atoms with E-state index in [0.717, 1.165) is 6.92 Å². The van der Waals surface area contributed by atoms with E-state index in [9.17, 15) is 88.2 Å². The van der Waals surface area contributed by atoms with Crippen molar-refractivity contribution in [2.24, 2.45) is 0 Å². The molecule has 0 saturated heterocycles. The van der Waals surface area contributed by atoms with Gasteiger partial charge in [0.25, 0.3) is 0 Å². The molecule has 0 aromatic heterocycles. The summed E-state index contributed by atoms with van der Waals surface area (Å²) in [6.07, 6.45) is -23.0. The number of hydrogen-bond acceptors (Lipinski definition) is 3. The highest BCUT2D eigenvalue weighted by molar-refractivity contribution is 5.87. The predicted octanol–water partition coefficient (Wildman–Crippen LogP) is 6.50. The highest BCUT2D eigenvalue weighted by Crippen LogP contribution is 2.66. The monoisotopic (exact) mass is 612 g/mol. The Morgan fingerprint density at radius 2 is 0.974 bits per heavy atom. The summed E-state index contributed by atoms with van der Waals surface area (Å²) in [7, 11) is 0. The van der Waals surface area contributed by atoms with E-state index < -0.39 is 84.2 Å². The Kier molecular flexibility index (Phi) is 9.23. The molecule has 0 aliphatic rings. The minimum Gasteiger partial charge on any atom is -0.456 e. The molecule has 226 valence electrons. The van der Waals surface area contributed by atoms with Crippen LogP contribution in [0.5, 0.6) is 0 Å². The average Bonchev–Trinajstić information content (AvgIpc) is 2.69. The number of alkyl halides is 19. The third-order valence-electron chi connectivity index (χ3n) is 4.56. The van der Waals surface area contributed by atoms with Crippen LogP contribution in [0.4, 0.5) is 83.4 Å². The Bertz CT molecular complexity index is 871. The lowest BCUT2D eigenvalue weighted by Crippen LogP contribution is -2.77. The first-order chi connectivity index (χ1) is 16.3. The molecule has 0 saturated carbocycles. The Hall–Kier alpha value is -2.16. The van der Waals surface area contributed by atoms with E-state index in [1.54, 1.807) is 0 Å². The van der Waals surface area contributed by atoms with Gasteiger partial charge in [0, 0.05) is 5.57 Å². The number of hydrogen-bond donors (Lipinski definition) is 1. The number of rotatable bonds is 11. The van der Waals surface area contributed by atoms with Gasteiger partial charge in [0.1, 0.15) is 6.10 Å². The van der Waals surface area contributed by atoms with Crippen molar-refractivity contribution < 1.29 is 98.1 Å². The number of halogens is 19. The molecule has 0 heterocycles. The number of carbonyl (C=O) groups is 1. The quantitative estimate of drug-likeness (QED) is 0.165. The summed E-state index contributed by atoms with van der Waals surface area (Å²) in [5.41, 5.74) is -9.56. The second kappa shape index (κ2) is 9.79. The molecule has 38 heavy (non-hydrogen) atoms. The molecule has 22 heteroatoms. The molecule has 1 N–H and O–H groups in total. The second-order valence-corrected chi connectivity index (χ2v) is 7.42. The third kappa shape index (κ3) is 5.07. The Morgan fingerprint density at radius 1 is 0.658 bits per heavy atom. The summed E-state index contributed by atoms with van der Waals surface area (Å²) in [4.78, 5) is 11.2. The molecule has 0 aromatic rings. The van der Waals surface area contributed by atoms with E-state index in [-0.39, 0.29) is 0 Å². The van der Waals surface area contributed by atoms with E-state index in [0.29, 0.717) is 0 Å². The largest absolute Gasteiger partial charge is 0.456 e. The van der Waals surface area contributed by atoms with Crippen LogP contribution in [-0.2, 0) is 9.53 Å². The van der Waals surface area contributed by atoms with Crippen LogP contribution >= 0.6 is 0 Å². The lowest BCUT2D eigenvalue weighted by atomic mass is 9.83. The molecule has 0 fully saturated rings. The zero-order valence-electron chi connectivity index (χ0n) is 17.6. The fraction of sp³-hybridized carbons (Fsp3) is 0.812. The van der Waals surface area contributed by atoms with E-state index in [1.165, 1.54) is 0 Å². The normalized spacial score (nSPS) is 16.3. The van der Waals surface area contributed by atoms with E-state index >= 15 is 0 Å². The van der Waals surface area contributed by atoms with Gasteiger partial charge < -0.3 is 9.84 Å². The van der Waals surface area contributed by atoms with Crippen molar-refractivity contribution in [1.29, 1.82) is 0 Å². The lowest BCUT2D eigenvalue weighted by Gasteiger charge is -2.45. The van der Waals surface area contributed by atoms with Gasteiger partial charge in [-0.2, -0.15) is 79.0 Å². The molecule has 3 nitrogen and oxygen atoms in total. The minimum absolute atomic E-state index is 0.743. The second-order valence-electron chi connectivity index (χ2n) is 7.42. The van der Waals surface area contributed by atoms with Crippen molar-refractivity contribution >= 4 is 5.97 Å². The van der Waals surface area contributed by atoms with Crippen molar-refractivity contribution in [3.05, 3.63) is 12.2 Å². The van der Waals surface area contributed by atoms with Gasteiger partial charge in [-0.05, 0) is 6.92 Å². The van der Waals surface area contributed by atoms with Crippen LogP contribution in [0.3, 0.4) is 0 Å². The number of aliphatic hydroxyl groups is 1. The van der Waals surface area contributed by atoms with Crippen LogP contribution in [0.15, 0.2) is 12.2 Å². The summed E-state index contributed by atoms with van der Waals surface area (Å²) < 4.78 is 256. The molecule has 0 amide bonds. The van der Waals surface area contributed by atoms with Gasteiger partial charge in [-0.15, -0.1) is 0 Å². The molecule has 0 spiro atoms. The molecule has 1 unspecified atom stereocenters. The number of carbonyl (C=O) groups excluding carboxylic acids is 1. The van der Waals surface area contributed by atoms with Crippen LogP contribution < -0.4 is 0 Å². The minimum atomic E-state index is -9.12. The standard InChI is InChI=1S/C16H11F19O3/c1-5(2)7(37)38-6(4-36)3-8(17,18)10(20,21)12(24,25)14(28,29)13(26,27)11(22,23)9(19,15(30,31)32)16(33,34)35/h6,36H,1,3-4H2,2H3. The van der Waals surface area contributed by atoms with Crippen LogP contribution in [0, 0.1) is 0 Å². The number of esters is 1. The molecule has 1 atom stereocenters. The summed E-state index contributed by atoms with van der Waals surface area (Å²) in [5, 5.41) is 8.73. The zero-order chi connectivity index (χ0) is 31.4. The maximum Gasteiger partial charge on any atom is 0.438 e. The van der Waals surface area contributed by atoms with Crippen molar-refractivity contribution in [2.45, 2.75) is 73.0 Å². The molecule has 0 aliphatic carbocycles. The molecule has 0 aliphatic heterocycles. The summed E-state index contributed by atoms with van der Waals surface area (Å²) in [5.74, 6) is -52.7. The van der Waals surface area contributed by atoms with Crippen molar-refractivity contribution in [1.82, 2.24) is 0 Å². The first-order valence-electron chi connectivity index (χ1n) is 8.82. The summed E-state index contributed by atoms with van der Waals surface area (Å²) >= 11 is 0. The fourth-order valence-corrected chi connectivity index (χ4v) is 2.36. The molecule has 0 radical (unpaired) electrons. The van der Waals surface area contributed by atoms with Gasteiger partial charge in [-0.1, -0.05) is 6.58 Å². The van der Waals surface area contributed by atoms with E-state index in [2.05, 4.69) is 11.3 Å². The summed E-state index contributed by atoms with van der Waals surface area (Å²) in [6, 6.07) is 0. The van der Waals surface area contributed by atoms with E-state index in [1.807, 2.05) is 0 Å². The van der Waals surface area contributed by atoms with Gasteiger partial charge in [0.05, 0.1) is 13.0 Å². The topological polar surface area (TPSA) is 46.5 Å². The first kappa shape index (κ1) is 35.8. The maximum atomic E-state index is 13.9. The van der Waals surface area contributed by atoms with Crippen LogP contribution in [0.25, 0.3) is 0 Å². The molecular formula is C16H11F19O3. The maximum absolute atomic E-state index is 13.9. The van der Waals surface area contributed by atoms with Crippen LogP contribution in [0.1, 0.15) is 13.3 Å². The van der Waals surface area contributed by atoms with Crippen molar-refractivity contribution in [3.8, 4) is 0 Å². The molecule has 0 rings (SSSR count). The average molecular weight is 612 g/mol. The van der Waals surface area contributed by atoms with Crippen molar-refractivity contribution in [3.63, 3.8) is 0 Å². The summed E-state index contributed by atoms with van der Waals surface area (Å²) in [6.45, 7) is 1.54. The van der Waals surface area contributed by atoms with Crippen LogP contribution in [-0.4, -0.2) is 77.3 Å². The molecule has 0 bridgehead atoms. The Morgan fingerprint density at radius 3 is 1.26 bits per heavy atom. The number of ether oxygens (including phenoxy) is 1. The molecular weight excluding hydrogens is 601 g/mol. The highest BCUT2D eigenvalue weighted by atomic mass is 19.4. The first-order valence-corrected chi connectivity index (χ1v) is 8.82. The Balaban J connectivity index is 6.91. The van der Waals surface area contributed by atoms with Gasteiger partial charge in [-0.25, -0.2) is 9.18 Å². The van der Waals surface area contributed by atoms with E-state index in [4.69, 9.17) is 5.11 Å². The molecule has 0 aromatic carbocycles. The third-order valence-corrected chi connectivity index (χ3v) is 4.56. The predicted molar refractivity (Wildman–Crippen MR) is 82.0 cm³/mol.